The number of nitriles is 1. The molecule has 0 unspecified atom stereocenters. The molecule has 1 saturated carbocycles. The van der Waals surface area contributed by atoms with Gasteiger partial charge < -0.3 is 10.4 Å². The largest absolute Gasteiger partial charge is 0.392 e. The van der Waals surface area contributed by atoms with E-state index in [4.69, 9.17) is 5.26 Å². The Kier molecular flexibility index (Phi) is 4.40. The summed E-state index contributed by atoms with van der Waals surface area (Å²) >= 11 is 0. The van der Waals surface area contributed by atoms with Crippen molar-refractivity contribution < 1.29 is 13.5 Å². The summed E-state index contributed by atoms with van der Waals surface area (Å²) in [5, 5.41) is 22.1. The number of nitrogens with one attached hydrogen (secondary N) is 1. The molecule has 0 spiro atoms. The number of rotatable bonds is 3. The number of aromatic nitrogens is 2. The summed E-state index contributed by atoms with van der Waals surface area (Å²) < 4.78 is 23.2. The first-order chi connectivity index (χ1) is 10.2. The van der Waals surface area contributed by atoms with Crippen LogP contribution in [0.25, 0.3) is 0 Å². The third kappa shape index (κ3) is 3.20. The van der Waals surface area contributed by atoms with E-state index in [0.717, 1.165) is 25.5 Å². The standard InChI is InChI=1S/C14H20N4O3S/c1-14(2)10(5-4-6-11(14)19)17-12-9(7-15)8-16-13(18-12)22(3,20)21/h8,10-11,19H,4-6H2,1-3H3,(H,16,17,18)/t10-,11+/m1/s1. The first-order valence-electron chi connectivity index (χ1n) is 7.08. The lowest BCUT2D eigenvalue weighted by Crippen LogP contribution is -2.48. The van der Waals surface area contributed by atoms with Crippen molar-refractivity contribution in [1.82, 2.24) is 9.97 Å². The molecule has 1 aromatic rings. The van der Waals surface area contributed by atoms with Crippen LogP contribution in [0.15, 0.2) is 11.4 Å². The van der Waals surface area contributed by atoms with Crippen LogP contribution in [0.5, 0.6) is 0 Å². The molecule has 0 aromatic carbocycles. The molecule has 120 valence electrons. The van der Waals surface area contributed by atoms with Gasteiger partial charge in [0.2, 0.25) is 15.0 Å². The lowest BCUT2D eigenvalue weighted by atomic mass is 9.71. The molecule has 1 aliphatic rings. The van der Waals surface area contributed by atoms with Crippen LogP contribution in [0, 0.1) is 16.7 Å². The molecule has 2 atom stereocenters. The highest BCUT2D eigenvalue weighted by atomic mass is 32.2. The third-order valence-corrected chi connectivity index (χ3v) is 5.12. The molecular formula is C14H20N4O3S. The molecule has 8 heteroatoms. The molecule has 0 aliphatic heterocycles. The zero-order chi connectivity index (χ0) is 16.5. The van der Waals surface area contributed by atoms with Gasteiger partial charge in [0, 0.05) is 17.7 Å². The van der Waals surface area contributed by atoms with Gasteiger partial charge in [-0.05, 0) is 19.3 Å². The van der Waals surface area contributed by atoms with Gasteiger partial charge in [-0.1, -0.05) is 13.8 Å². The van der Waals surface area contributed by atoms with Gasteiger partial charge in [0.05, 0.1) is 12.3 Å². The number of sulfone groups is 1. The van der Waals surface area contributed by atoms with Crippen LogP contribution in [-0.2, 0) is 9.84 Å². The number of nitrogens with zero attached hydrogens (tertiary/aromatic N) is 3. The van der Waals surface area contributed by atoms with Crippen molar-refractivity contribution >= 4 is 15.7 Å². The maximum atomic E-state index is 11.6. The van der Waals surface area contributed by atoms with Crippen LogP contribution in [0.4, 0.5) is 5.82 Å². The Labute approximate surface area is 130 Å². The summed E-state index contributed by atoms with van der Waals surface area (Å²) in [6.45, 7) is 3.89. The zero-order valence-corrected chi connectivity index (χ0v) is 13.7. The summed E-state index contributed by atoms with van der Waals surface area (Å²) in [5.41, 5.74) is -0.218. The van der Waals surface area contributed by atoms with E-state index >= 15 is 0 Å². The predicted octanol–water partition coefficient (Wildman–Crippen LogP) is 1.10. The topological polar surface area (TPSA) is 116 Å². The Balaban J connectivity index is 2.38. The summed E-state index contributed by atoms with van der Waals surface area (Å²) in [4.78, 5) is 7.70. The molecule has 1 aliphatic carbocycles. The molecule has 2 rings (SSSR count). The molecule has 1 aromatic heterocycles. The van der Waals surface area contributed by atoms with Gasteiger partial charge in [-0.3, -0.25) is 0 Å². The van der Waals surface area contributed by atoms with Crippen LogP contribution >= 0.6 is 0 Å². The van der Waals surface area contributed by atoms with Crippen LogP contribution in [0.3, 0.4) is 0 Å². The van der Waals surface area contributed by atoms with Crippen molar-refractivity contribution in [1.29, 1.82) is 5.26 Å². The Hall–Kier alpha value is -1.72. The van der Waals surface area contributed by atoms with Crippen LogP contribution < -0.4 is 5.32 Å². The van der Waals surface area contributed by atoms with Crippen LogP contribution in [-0.4, -0.2) is 41.9 Å². The average Bonchev–Trinajstić information content (AvgIpc) is 2.43. The fourth-order valence-corrected chi connectivity index (χ4v) is 3.15. The van der Waals surface area contributed by atoms with Crippen molar-refractivity contribution in [2.24, 2.45) is 5.41 Å². The molecule has 22 heavy (non-hydrogen) atoms. The molecule has 0 bridgehead atoms. The Morgan fingerprint density at radius 3 is 2.73 bits per heavy atom. The second-order valence-electron chi connectivity index (χ2n) is 6.26. The first kappa shape index (κ1) is 16.6. The fraction of sp³-hybridized carbons (Fsp3) is 0.643. The molecular weight excluding hydrogens is 304 g/mol. The summed E-state index contributed by atoms with van der Waals surface area (Å²) in [6, 6.07) is 1.85. The van der Waals surface area contributed by atoms with Crippen molar-refractivity contribution in [3.8, 4) is 6.07 Å². The van der Waals surface area contributed by atoms with E-state index in [1.54, 1.807) is 0 Å². The lowest BCUT2D eigenvalue weighted by Gasteiger charge is -2.43. The van der Waals surface area contributed by atoms with Gasteiger partial charge >= 0.3 is 0 Å². The van der Waals surface area contributed by atoms with E-state index in [2.05, 4.69) is 15.3 Å². The number of hydrogen-bond acceptors (Lipinski definition) is 7. The second-order valence-corrected chi connectivity index (χ2v) is 8.17. The van der Waals surface area contributed by atoms with E-state index in [0.29, 0.717) is 0 Å². The highest BCUT2D eigenvalue weighted by Crippen LogP contribution is 2.37. The number of anilines is 1. The second kappa shape index (κ2) is 5.82. The molecule has 0 radical (unpaired) electrons. The lowest BCUT2D eigenvalue weighted by molar-refractivity contribution is 0.00450. The highest BCUT2D eigenvalue weighted by molar-refractivity contribution is 7.90. The molecule has 0 amide bonds. The third-order valence-electron chi connectivity index (χ3n) is 4.26. The summed E-state index contributed by atoms with van der Waals surface area (Å²) in [7, 11) is -3.55. The SMILES string of the molecule is CC1(C)[C@@H](O)CCC[C@H]1Nc1nc(S(C)(=O)=O)ncc1C#N. The van der Waals surface area contributed by atoms with Crippen molar-refractivity contribution in [3.05, 3.63) is 11.8 Å². The van der Waals surface area contributed by atoms with Gasteiger partial charge in [-0.15, -0.1) is 0 Å². The molecule has 7 nitrogen and oxygen atoms in total. The van der Waals surface area contributed by atoms with E-state index in [9.17, 15) is 13.5 Å². The molecule has 0 saturated heterocycles. The maximum Gasteiger partial charge on any atom is 0.248 e. The van der Waals surface area contributed by atoms with Gasteiger partial charge in [0.1, 0.15) is 17.5 Å². The van der Waals surface area contributed by atoms with Gasteiger partial charge in [-0.2, -0.15) is 10.2 Å². The average molecular weight is 324 g/mol. The smallest absolute Gasteiger partial charge is 0.248 e. The van der Waals surface area contributed by atoms with Gasteiger partial charge in [0.15, 0.2) is 0 Å². The Morgan fingerprint density at radius 2 is 2.14 bits per heavy atom. The monoisotopic (exact) mass is 324 g/mol. The minimum Gasteiger partial charge on any atom is -0.392 e. The van der Waals surface area contributed by atoms with E-state index in [-0.39, 0.29) is 22.6 Å². The van der Waals surface area contributed by atoms with Crippen LogP contribution in [0.2, 0.25) is 0 Å². The quantitative estimate of drug-likeness (QED) is 0.800. The summed E-state index contributed by atoms with van der Waals surface area (Å²) in [5.74, 6) is 0.199. The Bertz CT molecular complexity index is 709. The minimum absolute atomic E-state index is 0.106. The van der Waals surface area contributed by atoms with Crippen molar-refractivity contribution in [2.45, 2.75) is 50.4 Å². The van der Waals surface area contributed by atoms with Crippen molar-refractivity contribution in [3.63, 3.8) is 0 Å². The molecule has 1 fully saturated rings. The molecule has 2 N–H and O–H groups in total. The number of hydrogen-bond donors (Lipinski definition) is 2. The first-order valence-corrected chi connectivity index (χ1v) is 8.97. The van der Waals surface area contributed by atoms with Crippen LogP contribution in [0.1, 0.15) is 38.7 Å². The van der Waals surface area contributed by atoms with Crippen molar-refractivity contribution in [2.75, 3.05) is 11.6 Å². The van der Waals surface area contributed by atoms with Gasteiger partial charge in [-0.25, -0.2) is 13.4 Å². The maximum absolute atomic E-state index is 11.6. The van der Waals surface area contributed by atoms with Gasteiger partial charge in [0.25, 0.3) is 0 Å². The summed E-state index contributed by atoms with van der Waals surface area (Å²) in [6.07, 6.45) is 4.17. The fourth-order valence-electron chi connectivity index (χ4n) is 2.65. The Morgan fingerprint density at radius 1 is 1.45 bits per heavy atom. The zero-order valence-electron chi connectivity index (χ0n) is 12.9. The number of aliphatic hydroxyl groups excluding tert-OH is 1. The normalized spacial score (nSPS) is 24.5. The molecule has 1 heterocycles. The predicted molar refractivity (Wildman–Crippen MR) is 80.9 cm³/mol. The van der Waals surface area contributed by atoms with E-state index < -0.39 is 21.4 Å². The highest BCUT2D eigenvalue weighted by Gasteiger charge is 2.39. The number of aliphatic hydroxyl groups is 1. The minimum atomic E-state index is -3.55. The van der Waals surface area contributed by atoms with E-state index in [1.165, 1.54) is 6.20 Å². The van der Waals surface area contributed by atoms with E-state index in [1.807, 2.05) is 19.9 Å².